The van der Waals surface area contributed by atoms with E-state index in [2.05, 4.69) is 83.7 Å². The van der Waals surface area contributed by atoms with Crippen molar-refractivity contribution in [1.29, 1.82) is 0 Å². The summed E-state index contributed by atoms with van der Waals surface area (Å²) in [5.74, 6) is 1.04. The van der Waals surface area contributed by atoms with Crippen molar-refractivity contribution in [1.82, 2.24) is 19.0 Å². The van der Waals surface area contributed by atoms with Gasteiger partial charge >= 0.3 is 0 Å². The van der Waals surface area contributed by atoms with E-state index in [0.29, 0.717) is 6.04 Å². The van der Waals surface area contributed by atoms with Gasteiger partial charge in [0.15, 0.2) is 0 Å². The van der Waals surface area contributed by atoms with E-state index < -0.39 is 0 Å². The molecule has 0 aliphatic rings. The van der Waals surface area contributed by atoms with Crippen LogP contribution in [0.2, 0.25) is 0 Å². The number of imidazole rings is 1. The topological polar surface area (TPSA) is 26.0 Å². The monoisotopic (exact) mass is 282 g/mol. The minimum atomic E-state index is 0.471. The van der Waals surface area contributed by atoms with Gasteiger partial charge in [0.2, 0.25) is 0 Å². The van der Waals surface area contributed by atoms with Crippen molar-refractivity contribution in [2.24, 2.45) is 7.05 Å². The van der Waals surface area contributed by atoms with Crippen LogP contribution in [0.15, 0.2) is 42.9 Å². The molecule has 0 saturated heterocycles. The van der Waals surface area contributed by atoms with Crippen molar-refractivity contribution in [3.8, 4) is 11.4 Å². The zero-order valence-corrected chi connectivity index (χ0v) is 13.1. The van der Waals surface area contributed by atoms with Crippen LogP contribution in [0.1, 0.15) is 6.92 Å². The number of hydrogen-bond donors (Lipinski definition) is 0. The van der Waals surface area contributed by atoms with Gasteiger partial charge in [0, 0.05) is 54.7 Å². The Hall–Kier alpha value is -2.07. The van der Waals surface area contributed by atoms with E-state index in [4.69, 9.17) is 0 Å². The highest BCUT2D eigenvalue weighted by Gasteiger charge is 2.11. The molecule has 0 aliphatic carbocycles. The number of benzene rings is 1. The zero-order chi connectivity index (χ0) is 15.0. The molecule has 0 aliphatic heterocycles. The number of rotatable bonds is 4. The molecule has 0 radical (unpaired) electrons. The second kappa shape index (κ2) is 5.37. The summed E-state index contributed by atoms with van der Waals surface area (Å²) in [7, 11) is 6.29. The predicted molar refractivity (Wildman–Crippen MR) is 87.3 cm³/mol. The molecule has 1 atom stereocenters. The number of aromatic nitrogens is 3. The van der Waals surface area contributed by atoms with Gasteiger partial charge in [0.05, 0.1) is 0 Å². The standard InChI is InChI=1S/C17H22N4/c1-13(19(2)3)12-21-10-8-18-17(21)15-5-6-16-14(11-15)7-9-20(16)4/h5-11,13H,12H2,1-4H3. The molecule has 110 valence electrons. The molecule has 21 heavy (non-hydrogen) atoms. The lowest BCUT2D eigenvalue weighted by atomic mass is 10.1. The maximum atomic E-state index is 4.55. The van der Waals surface area contributed by atoms with Crippen LogP contribution in [0, 0.1) is 0 Å². The first-order valence-corrected chi connectivity index (χ1v) is 7.29. The van der Waals surface area contributed by atoms with E-state index in [9.17, 15) is 0 Å². The summed E-state index contributed by atoms with van der Waals surface area (Å²) >= 11 is 0. The Kier molecular flexibility index (Phi) is 3.55. The molecular formula is C17H22N4. The smallest absolute Gasteiger partial charge is 0.139 e. The third-order valence-corrected chi connectivity index (χ3v) is 4.20. The van der Waals surface area contributed by atoms with Gasteiger partial charge in [-0.2, -0.15) is 0 Å². The molecule has 1 aromatic carbocycles. The first-order valence-electron chi connectivity index (χ1n) is 7.29. The Morgan fingerprint density at radius 2 is 2.00 bits per heavy atom. The Morgan fingerprint density at radius 3 is 2.76 bits per heavy atom. The molecule has 0 fully saturated rings. The maximum absolute atomic E-state index is 4.55. The van der Waals surface area contributed by atoms with E-state index in [1.165, 1.54) is 16.5 Å². The number of hydrogen-bond acceptors (Lipinski definition) is 2. The molecule has 0 N–H and O–H groups in total. The average Bonchev–Trinajstić information content (AvgIpc) is 3.06. The summed E-state index contributed by atoms with van der Waals surface area (Å²) < 4.78 is 4.37. The van der Waals surface area contributed by atoms with Crippen molar-refractivity contribution in [2.75, 3.05) is 14.1 Å². The fourth-order valence-corrected chi connectivity index (χ4v) is 2.59. The first-order chi connectivity index (χ1) is 10.1. The molecule has 4 heteroatoms. The fourth-order valence-electron chi connectivity index (χ4n) is 2.59. The molecule has 0 bridgehead atoms. The van der Waals surface area contributed by atoms with Crippen molar-refractivity contribution in [3.63, 3.8) is 0 Å². The fraction of sp³-hybridized carbons (Fsp3) is 0.353. The number of aryl methyl sites for hydroxylation is 1. The summed E-state index contributed by atoms with van der Waals surface area (Å²) in [6.07, 6.45) is 6.03. The second-order valence-corrected chi connectivity index (χ2v) is 5.92. The Bertz CT molecular complexity index is 751. The van der Waals surface area contributed by atoms with Crippen LogP contribution in [0.25, 0.3) is 22.3 Å². The van der Waals surface area contributed by atoms with E-state index in [0.717, 1.165) is 12.4 Å². The van der Waals surface area contributed by atoms with Gasteiger partial charge in [0.1, 0.15) is 5.82 Å². The lowest BCUT2D eigenvalue weighted by Crippen LogP contribution is -2.29. The van der Waals surface area contributed by atoms with Gasteiger partial charge in [0.25, 0.3) is 0 Å². The minimum Gasteiger partial charge on any atom is -0.351 e. The maximum Gasteiger partial charge on any atom is 0.139 e. The summed E-state index contributed by atoms with van der Waals surface area (Å²) in [6.45, 7) is 3.17. The molecule has 3 aromatic rings. The molecule has 2 aromatic heterocycles. The van der Waals surface area contributed by atoms with E-state index in [-0.39, 0.29) is 0 Å². The summed E-state index contributed by atoms with van der Waals surface area (Å²) in [5.41, 5.74) is 2.42. The van der Waals surface area contributed by atoms with Gasteiger partial charge in [-0.3, -0.25) is 0 Å². The molecule has 0 spiro atoms. The van der Waals surface area contributed by atoms with E-state index in [1.807, 2.05) is 6.20 Å². The second-order valence-electron chi connectivity index (χ2n) is 5.92. The Balaban J connectivity index is 1.97. The highest BCUT2D eigenvalue weighted by molar-refractivity contribution is 5.84. The summed E-state index contributed by atoms with van der Waals surface area (Å²) in [6, 6.07) is 9.15. The van der Waals surface area contributed by atoms with Gasteiger partial charge in [-0.05, 0) is 45.3 Å². The van der Waals surface area contributed by atoms with Gasteiger partial charge in [-0.1, -0.05) is 0 Å². The zero-order valence-electron chi connectivity index (χ0n) is 13.1. The lowest BCUT2D eigenvalue weighted by molar-refractivity contribution is 0.284. The minimum absolute atomic E-state index is 0.471. The number of fused-ring (bicyclic) bond motifs is 1. The molecule has 0 amide bonds. The Labute approximate surface area is 125 Å². The van der Waals surface area contributed by atoms with Crippen LogP contribution >= 0.6 is 0 Å². The number of nitrogens with zero attached hydrogens (tertiary/aromatic N) is 4. The predicted octanol–water partition coefficient (Wildman–Crippen LogP) is 2.99. The van der Waals surface area contributed by atoms with Crippen LogP contribution in [0.3, 0.4) is 0 Å². The largest absolute Gasteiger partial charge is 0.351 e. The van der Waals surface area contributed by atoms with Crippen LogP contribution in [0.4, 0.5) is 0 Å². The van der Waals surface area contributed by atoms with Crippen LogP contribution in [-0.2, 0) is 13.6 Å². The molecule has 0 saturated carbocycles. The average molecular weight is 282 g/mol. The van der Waals surface area contributed by atoms with E-state index in [1.54, 1.807) is 0 Å². The molecule has 3 rings (SSSR count). The summed E-state index contributed by atoms with van der Waals surface area (Å²) in [4.78, 5) is 6.78. The van der Waals surface area contributed by atoms with Crippen LogP contribution < -0.4 is 0 Å². The van der Waals surface area contributed by atoms with Gasteiger partial charge < -0.3 is 14.0 Å². The van der Waals surface area contributed by atoms with Gasteiger partial charge in [-0.25, -0.2) is 4.98 Å². The van der Waals surface area contributed by atoms with Crippen molar-refractivity contribution < 1.29 is 0 Å². The van der Waals surface area contributed by atoms with Crippen LogP contribution in [0.5, 0.6) is 0 Å². The lowest BCUT2D eigenvalue weighted by Gasteiger charge is -2.21. The highest BCUT2D eigenvalue weighted by atomic mass is 15.1. The first kappa shape index (κ1) is 13.9. The van der Waals surface area contributed by atoms with Crippen molar-refractivity contribution in [2.45, 2.75) is 19.5 Å². The third-order valence-electron chi connectivity index (χ3n) is 4.20. The molecule has 2 heterocycles. The molecule has 4 nitrogen and oxygen atoms in total. The Morgan fingerprint density at radius 1 is 1.19 bits per heavy atom. The van der Waals surface area contributed by atoms with Crippen LogP contribution in [-0.4, -0.2) is 39.2 Å². The quantitative estimate of drug-likeness (QED) is 0.735. The summed E-state index contributed by atoms with van der Waals surface area (Å²) in [5, 5.41) is 1.25. The van der Waals surface area contributed by atoms with Gasteiger partial charge in [-0.15, -0.1) is 0 Å². The number of likely N-dealkylation sites (N-methyl/N-ethyl adjacent to an activating group) is 1. The third kappa shape index (κ3) is 2.59. The molecule has 1 unspecified atom stereocenters. The van der Waals surface area contributed by atoms with Crippen molar-refractivity contribution in [3.05, 3.63) is 42.9 Å². The van der Waals surface area contributed by atoms with E-state index >= 15 is 0 Å². The highest BCUT2D eigenvalue weighted by Crippen LogP contribution is 2.24. The van der Waals surface area contributed by atoms with Crippen molar-refractivity contribution >= 4 is 10.9 Å². The molecular weight excluding hydrogens is 260 g/mol. The SMILES string of the molecule is CC(Cn1ccnc1-c1ccc2c(ccn2C)c1)N(C)C. The normalized spacial score (nSPS) is 13.2.